The van der Waals surface area contributed by atoms with Crippen molar-refractivity contribution in [3.8, 4) is 0 Å². The molecule has 27 heavy (non-hydrogen) atoms. The van der Waals surface area contributed by atoms with Gasteiger partial charge in [0.1, 0.15) is 0 Å². The monoisotopic (exact) mass is 374 g/mol. The van der Waals surface area contributed by atoms with Gasteiger partial charge in [-0.3, -0.25) is 4.79 Å². The zero-order valence-corrected chi connectivity index (χ0v) is 16.3. The molecule has 1 aromatic carbocycles. The second-order valence-electron chi connectivity index (χ2n) is 6.94. The quantitative estimate of drug-likeness (QED) is 0.681. The number of piperidine rings is 1. The van der Waals surface area contributed by atoms with Gasteiger partial charge in [-0.25, -0.2) is 4.98 Å². The van der Waals surface area contributed by atoms with E-state index in [1.54, 1.807) is 14.2 Å². The lowest BCUT2D eigenvalue weighted by atomic mass is 9.96. The summed E-state index contributed by atoms with van der Waals surface area (Å²) in [6.45, 7) is 4.45. The molecular formula is C20H30N4O3. The molecule has 0 bridgehead atoms. The lowest BCUT2D eigenvalue weighted by Gasteiger charge is -2.32. The Bertz CT molecular complexity index is 738. The van der Waals surface area contributed by atoms with E-state index in [4.69, 9.17) is 14.5 Å². The van der Waals surface area contributed by atoms with Gasteiger partial charge >= 0.3 is 0 Å². The normalized spacial score (nSPS) is 15.4. The molecule has 0 unspecified atom stereocenters. The molecule has 1 aliphatic heterocycles. The van der Waals surface area contributed by atoms with Crippen LogP contribution < -0.4 is 10.2 Å². The third-order valence-corrected chi connectivity index (χ3v) is 5.13. The van der Waals surface area contributed by atoms with Crippen molar-refractivity contribution in [2.45, 2.75) is 25.8 Å². The molecule has 1 aromatic heterocycles. The molecule has 7 nitrogen and oxygen atoms in total. The molecule has 7 heteroatoms. The van der Waals surface area contributed by atoms with Crippen molar-refractivity contribution in [3.05, 3.63) is 24.3 Å². The van der Waals surface area contributed by atoms with Crippen molar-refractivity contribution in [2.75, 3.05) is 52.0 Å². The molecule has 1 N–H and O–H groups in total. The average molecular weight is 374 g/mol. The van der Waals surface area contributed by atoms with E-state index in [1.165, 1.54) is 0 Å². The van der Waals surface area contributed by atoms with Crippen LogP contribution in [0.1, 0.15) is 19.3 Å². The summed E-state index contributed by atoms with van der Waals surface area (Å²) in [5.74, 6) is 1.23. The fourth-order valence-electron chi connectivity index (χ4n) is 3.62. The van der Waals surface area contributed by atoms with Crippen molar-refractivity contribution >= 4 is 22.9 Å². The second kappa shape index (κ2) is 9.71. The smallest absolute Gasteiger partial charge is 0.223 e. The zero-order valence-electron chi connectivity index (χ0n) is 16.3. The summed E-state index contributed by atoms with van der Waals surface area (Å²) in [5.41, 5.74) is 2.13. The molecule has 0 spiro atoms. The largest absolute Gasteiger partial charge is 0.385 e. The molecule has 2 heterocycles. The van der Waals surface area contributed by atoms with E-state index in [-0.39, 0.29) is 11.8 Å². The number of hydrogen-bond acceptors (Lipinski definition) is 5. The first kappa shape index (κ1) is 19.6. The van der Waals surface area contributed by atoms with Gasteiger partial charge in [-0.05, 0) is 31.4 Å². The maximum atomic E-state index is 12.3. The number of nitrogens with one attached hydrogen (secondary N) is 1. The van der Waals surface area contributed by atoms with Crippen LogP contribution >= 0.6 is 0 Å². The maximum Gasteiger partial charge on any atom is 0.223 e. The van der Waals surface area contributed by atoms with Crippen LogP contribution in [0.25, 0.3) is 11.0 Å². The Morgan fingerprint density at radius 3 is 2.67 bits per heavy atom. The number of ether oxygens (including phenoxy) is 2. The minimum atomic E-state index is 0.0839. The van der Waals surface area contributed by atoms with Gasteiger partial charge in [-0.15, -0.1) is 0 Å². The van der Waals surface area contributed by atoms with Crippen molar-refractivity contribution in [1.29, 1.82) is 0 Å². The lowest BCUT2D eigenvalue weighted by molar-refractivity contribution is -0.125. The molecule has 0 atom stereocenters. The van der Waals surface area contributed by atoms with Gasteiger partial charge in [0, 0.05) is 52.9 Å². The molecule has 3 rings (SSSR count). The van der Waals surface area contributed by atoms with E-state index < -0.39 is 0 Å². The number of aromatic nitrogens is 2. The predicted molar refractivity (Wildman–Crippen MR) is 106 cm³/mol. The molecular weight excluding hydrogens is 344 g/mol. The van der Waals surface area contributed by atoms with Crippen LogP contribution in [0, 0.1) is 5.92 Å². The first-order chi connectivity index (χ1) is 13.2. The van der Waals surface area contributed by atoms with Gasteiger partial charge in [0.05, 0.1) is 17.6 Å². The standard InChI is InChI=1S/C20H30N4O3/c1-26-14-5-10-21-19(25)16-8-11-23(12-9-16)20-22-17-6-3-4-7-18(17)24(20)13-15-27-2/h3-4,6-7,16H,5,8-15H2,1-2H3,(H,21,25). The summed E-state index contributed by atoms with van der Waals surface area (Å²) in [4.78, 5) is 19.5. The van der Waals surface area contributed by atoms with Crippen LogP contribution in [0.5, 0.6) is 0 Å². The average Bonchev–Trinajstić information content (AvgIpc) is 3.08. The van der Waals surface area contributed by atoms with E-state index in [0.717, 1.165) is 55.9 Å². The molecule has 1 amide bonds. The molecule has 1 fully saturated rings. The van der Waals surface area contributed by atoms with Gasteiger partial charge in [0.15, 0.2) is 0 Å². The van der Waals surface area contributed by atoms with E-state index >= 15 is 0 Å². The number of hydrogen-bond donors (Lipinski definition) is 1. The summed E-state index contributed by atoms with van der Waals surface area (Å²) < 4.78 is 12.5. The van der Waals surface area contributed by atoms with Gasteiger partial charge in [0.2, 0.25) is 11.9 Å². The summed E-state index contributed by atoms with van der Waals surface area (Å²) in [5, 5.41) is 3.03. The van der Waals surface area contributed by atoms with E-state index in [1.807, 2.05) is 18.2 Å². The number of anilines is 1. The lowest BCUT2D eigenvalue weighted by Crippen LogP contribution is -2.41. The summed E-state index contributed by atoms with van der Waals surface area (Å²) >= 11 is 0. The number of amides is 1. The minimum Gasteiger partial charge on any atom is -0.385 e. The van der Waals surface area contributed by atoms with Crippen LogP contribution in [0.4, 0.5) is 5.95 Å². The SMILES string of the molecule is COCCCNC(=O)C1CCN(c2nc3ccccc3n2CCOC)CC1. The number of benzene rings is 1. The van der Waals surface area contributed by atoms with Gasteiger partial charge in [0.25, 0.3) is 0 Å². The van der Waals surface area contributed by atoms with Gasteiger partial charge in [-0.2, -0.15) is 0 Å². The van der Waals surface area contributed by atoms with E-state index in [0.29, 0.717) is 19.8 Å². The molecule has 1 aliphatic rings. The number of methoxy groups -OCH3 is 2. The summed E-state index contributed by atoms with van der Waals surface area (Å²) in [6.07, 6.45) is 2.55. The van der Waals surface area contributed by atoms with Gasteiger partial charge < -0.3 is 24.3 Å². The molecule has 2 aromatic rings. The molecule has 148 valence electrons. The van der Waals surface area contributed by atoms with E-state index in [2.05, 4.69) is 20.9 Å². The molecule has 0 radical (unpaired) electrons. The van der Waals surface area contributed by atoms with Crippen molar-refractivity contribution in [1.82, 2.24) is 14.9 Å². The number of fused-ring (bicyclic) bond motifs is 1. The highest BCUT2D eigenvalue weighted by atomic mass is 16.5. The third kappa shape index (κ3) is 4.78. The first-order valence-electron chi connectivity index (χ1n) is 9.70. The maximum absolute atomic E-state index is 12.3. The summed E-state index contributed by atoms with van der Waals surface area (Å²) in [6, 6.07) is 8.20. The number of carbonyl (C=O) groups is 1. The van der Waals surface area contributed by atoms with Crippen molar-refractivity contribution in [2.24, 2.45) is 5.92 Å². The molecule has 1 saturated heterocycles. The zero-order chi connectivity index (χ0) is 19.1. The fourth-order valence-corrected chi connectivity index (χ4v) is 3.62. The second-order valence-corrected chi connectivity index (χ2v) is 6.94. The number of nitrogens with zero attached hydrogens (tertiary/aromatic N) is 3. The topological polar surface area (TPSA) is 68.6 Å². The highest BCUT2D eigenvalue weighted by molar-refractivity contribution is 5.80. The summed E-state index contributed by atoms with van der Waals surface area (Å²) in [7, 11) is 3.40. The van der Waals surface area contributed by atoms with E-state index in [9.17, 15) is 4.79 Å². The van der Waals surface area contributed by atoms with Gasteiger partial charge in [-0.1, -0.05) is 12.1 Å². The number of rotatable bonds is 9. The Kier molecular flexibility index (Phi) is 7.06. The number of carbonyl (C=O) groups excluding carboxylic acids is 1. The fraction of sp³-hybridized carbons (Fsp3) is 0.600. The predicted octanol–water partition coefficient (Wildman–Crippen LogP) is 2.05. The molecule has 0 aliphatic carbocycles. The van der Waals surface area contributed by atoms with Crippen LogP contribution in [-0.4, -0.2) is 62.5 Å². The minimum absolute atomic E-state index is 0.0839. The Hall–Kier alpha value is -2.12. The van der Waals surface area contributed by atoms with Crippen LogP contribution in [0.2, 0.25) is 0 Å². The Balaban J connectivity index is 1.63. The van der Waals surface area contributed by atoms with Crippen molar-refractivity contribution < 1.29 is 14.3 Å². The first-order valence-corrected chi connectivity index (χ1v) is 9.70. The van der Waals surface area contributed by atoms with Crippen molar-refractivity contribution in [3.63, 3.8) is 0 Å². The third-order valence-electron chi connectivity index (χ3n) is 5.13. The Labute approximate surface area is 160 Å². The number of para-hydroxylation sites is 2. The number of imidazole rings is 1. The van der Waals surface area contributed by atoms with Crippen LogP contribution in [0.15, 0.2) is 24.3 Å². The Morgan fingerprint density at radius 2 is 1.93 bits per heavy atom. The highest BCUT2D eigenvalue weighted by Gasteiger charge is 2.27. The molecule has 0 saturated carbocycles. The van der Waals surface area contributed by atoms with Crippen LogP contribution in [-0.2, 0) is 20.8 Å². The highest BCUT2D eigenvalue weighted by Crippen LogP contribution is 2.27. The van der Waals surface area contributed by atoms with Crippen LogP contribution in [0.3, 0.4) is 0 Å². The Morgan fingerprint density at radius 1 is 1.19 bits per heavy atom.